The molecular formula is C12H16ClFN3O13P3. The van der Waals surface area contributed by atoms with E-state index in [2.05, 4.69) is 18.1 Å². The molecule has 0 bridgehead atoms. The van der Waals surface area contributed by atoms with Crippen LogP contribution in [0.4, 0.5) is 10.2 Å². The fraction of sp³-hybridized carbons (Fsp3) is 0.500. The fourth-order valence-electron chi connectivity index (χ4n) is 2.56. The number of phosphoric ester groups is 1. The second kappa shape index (κ2) is 9.80. The Balaban J connectivity index is 2.45. The molecule has 0 saturated carbocycles. The van der Waals surface area contributed by atoms with E-state index in [0.29, 0.717) is 4.57 Å². The van der Waals surface area contributed by atoms with Crippen molar-refractivity contribution in [3.63, 3.8) is 0 Å². The van der Waals surface area contributed by atoms with E-state index < -0.39 is 59.8 Å². The lowest BCUT2D eigenvalue weighted by atomic mass is 9.97. The van der Waals surface area contributed by atoms with Gasteiger partial charge in [-0.2, -0.15) is 13.6 Å². The Hall–Kier alpha value is -1.21. The summed E-state index contributed by atoms with van der Waals surface area (Å²) >= 11 is 5.23. The third-order valence-corrected chi connectivity index (χ3v) is 7.45. The van der Waals surface area contributed by atoms with Crippen LogP contribution >= 0.6 is 35.1 Å². The Morgan fingerprint density at radius 2 is 1.97 bits per heavy atom. The van der Waals surface area contributed by atoms with E-state index in [1.54, 1.807) is 11.3 Å². The molecule has 21 heteroatoms. The van der Waals surface area contributed by atoms with Crippen molar-refractivity contribution in [2.75, 3.05) is 12.3 Å². The van der Waals surface area contributed by atoms with Gasteiger partial charge in [0.15, 0.2) is 6.23 Å². The number of aliphatic hydroxyl groups excluding tert-OH is 1. The van der Waals surface area contributed by atoms with Gasteiger partial charge >= 0.3 is 29.2 Å². The number of ether oxygens (including phenoxy) is 1. The van der Waals surface area contributed by atoms with E-state index in [0.717, 1.165) is 6.07 Å². The van der Waals surface area contributed by atoms with E-state index in [-0.39, 0.29) is 11.5 Å². The van der Waals surface area contributed by atoms with E-state index >= 15 is 4.39 Å². The number of hydrogen-bond donors (Lipinski definition) is 6. The molecule has 0 spiro atoms. The number of nitrogens with zero attached hydrogens (tertiary/aromatic N) is 2. The largest absolute Gasteiger partial charge is 0.490 e. The van der Waals surface area contributed by atoms with Crippen molar-refractivity contribution in [3.8, 4) is 11.3 Å². The van der Waals surface area contributed by atoms with Gasteiger partial charge in [-0.1, -0.05) is 0 Å². The maximum absolute atomic E-state index is 15.8. The van der Waals surface area contributed by atoms with Crippen LogP contribution in [-0.4, -0.2) is 58.7 Å². The van der Waals surface area contributed by atoms with Crippen LogP contribution in [0, 0.1) is 18.2 Å². The number of halogens is 2. The highest BCUT2D eigenvalue weighted by Gasteiger charge is 2.59. The van der Waals surface area contributed by atoms with Crippen molar-refractivity contribution in [1.82, 2.24) is 9.55 Å². The summed E-state index contributed by atoms with van der Waals surface area (Å²) in [7, 11) is -17.9. The smallest absolute Gasteiger partial charge is 0.386 e. The Morgan fingerprint density at radius 3 is 2.48 bits per heavy atom. The molecule has 3 unspecified atom stereocenters. The number of rotatable bonds is 8. The van der Waals surface area contributed by atoms with Gasteiger partial charge in [0.05, 0.1) is 9.30 Å². The minimum Gasteiger partial charge on any atom is -0.386 e. The van der Waals surface area contributed by atoms with Gasteiger partial charge in [0.25, 0.3) is 0 Å². The molecule has 0 aromatic carbocycles. The lowest BCUT2D eigenvalue weighted by molar-refractivity contribution is -0.0543. The molecule has 1 aromatic rings. The Bertz CT molecular complexity index is 1270. The summed E-state index contributed by atoms with van der Waals surface area (Å²) in [6.45, 7) is -2.54. The number of aliphatic hydroxyl groups is 1. The molecule has 33 heavy (non-hydrogen) atoms. The first-order chi connectivity index (χ1) is 15.6. The van der Waals surface area contributed by atoms with E-state index in [9.17, 15) is 33.4 Å². The highest BCUT2D eigenvalue weighted by molar-refractivity contribution is 7.66. The molecular weight excluding hydrogens is 542 g/mol. The molecule has 0 aliphatic carbocycles. The molecule has 1 fully saturated rings. The third-order valence-electron chi connectivity index (χ3n) is 3.69. The van der Waals surface area contributed by atoms with Crippen LogP contribution in [0.15, 0.2) is 10.9 Å². The van der Waals surface area contributed by atoms with Gasteiger partial charge in [-0.25, -0.2) is 22.9 Å². The number of nitrogen functional groups attached to an aromatic ring is 1. The van der Waals surface area contributed by atoms with Gasteiger partial charge in [-0.15, -0.1) is 0 Å². The molecule has 186 valence electrons. The first kappa shape index (κ1) is 24.9. The molecule has 0 radical (unpaired) electrons. The lowest BCUT2D eigenvalue weighted by Crippen LogP contribution is -2.45. The maximum atomic E-state index is 15.8. The average Bonchev–Trinajstić information content (AvgIpc) is 2.83. The van der Waals surface area contributed by atoms with Crippen LogP contribution in [-0.2, 0) is 31.6 Å². The first-order valence-electron chi connectivity index (χ1n) is 8.99. The van der Waals surface area contributed by atoms with Gasteiger partial charge in [0.2, 0.25) is 5.67 Å². The first-order valence-corrected chi connectivity index (χ1v) is 12.9. The molecule has 1 saturated heterocycles. The summed E-state index contributed by atoms with van der Waals surface area (Å²) in [6.07, 6.45) is -7.59. The predicted octanol–water partition coefficient (Wildman–Crippen LogP) is -0.356. The number of alkyl halides is 1. The van der Waals surface area contributed by atoms with Crippen molar-refractivity contribution in [2.45, 2.75) is 31.0 Å². The second-order valence-corrected chi connectivity index (χ2v) is 10.6. The summed E-state index contributed by atoms with van der Waals surface area (Å²) in [5.41, 5.74) is 0.719. The molecule has 2 rings (SSSR count). The monoisotopic (exact) mass is 559 g/mol. The molecule has 7 N–H and O–H groups in total. The SMILES string of the molecule is [2H]C([2H])(OP(=O)(O)OP(=O)(O)OP(=O)(O)O)[C@H]1O[C@@H](n2c(C)cc(N)nc2=O)C(F)(C#CCl)[C@H]1O. The topological polar surface area (TPSA) is 250 Å². The zero-order valence-corrected chi connectivity index (χ0v) is 19.3. The minimum atomic E-state index is -6.10. The fourth-order valence-corrected chi connectivity index (χ4v) is 5.58. The average molecular weight is 560 g/mol. The van der Waals surface area contributed by atoms with E-state index in [1.165, 1.54) is 6.92 Å². The number of hydrogen-bond acceptors (Lipinski definition) is 11. The maximum Gasteiger partial charge on any atom is 0.490 e. The van der Waals surface area contributed by atoms with Crippen molar-refractivity contribution in [1.29, 1.82) is 0 Å². The summed E-state index contributed by atoms with van der Waals surface area (Å²) in [5, 5.41) is 12.0. The summed E-state index contributed by atoms with van der Waals surface area (Å²) in [5.74, 6) is 1.41. The van der Waals surface area contributed by atoms with Gasteiger partial charge < -0.3 is 35.2 Å². The molecule has 6 atom stereocenters. The van der Waals surface area contributed by atoms with Gasteiger partial charge in [-0.3, -0.25) is 9.09 Å². The van der Waals surface area contributed by atoms with Crippen molar-refractivity contribution < 1.29 is 63.4 Å². The Kier molecular flexibility index (Phi) is 7.40. The van der Waals surface area contributed by atoms with Crippen LogP contribution in [0.25, 0.3) is 0 Å². The zero-order valence-electron chi connectivity index (χ0n) is 17.9. The molecule has 1 aliphatic rings. The molecule has 1 aliphatic heterocycles. The standard InChI is InChI=1S/C12H16ClFN3O13P3/c1-6-4-8(15)16-11(19)17(6)10-12(14,2-3-13)9(18)7(28-10)5-27-32(23,24)30-33(25,26)29-31(20,21)22/h4,7,9-10,18H,5H2,1H3,(H,23,24)(H,25,26)(H2,15,16,19)(H2,20,21,22)/t7-,9+,10-,12?/m1/s1/i5D2. The predicted molar refractivity (Wildman–Crippen MR) is 105 cm³/mol. The van der Waals surface area contributed by atoms with Gasteiger partial charge in [-0.05, 0) is 30.5 Å². The number of aromatic nitrogens is 2. The van der Waals surface area contributed by atoms with Gasteiger partial charge in [0.1, 0.15) is 18.0 Å². The molecule has 16 nitrogen and oxygen atoms in total. The van der Waals surface area contributed by atoms with E-state index in [1.807, 2.05) is 0 Å². The zero-order chi connectivity index (χ0) is 27.2. The summed E-state index contributed by atoms with van der Waals surface area (Å²) in [6, 6.07) is 1.08. The Labute approximate surface area is 191 Å². The van der Waals surface area contributed by atoms with Crippen molar-refractivity contribution in [2.24, 2.45) is 0 Å². The molecule has 2 heterocycles. The molecule has 1 aromatic heterocycles. The summed E-state index contributed by atoms with van der Waals surface area (Å²) in [4.78, 5) is 51.5. The van der Waals surface area contributed by atoms with Crippen molar-refractivity contribution in [3.05, 3.63) is 22.2 Å². The number of nitrogens with two attached hydrogens (primary N) is 1. The van der Waals surface area contributed by atoms with Crippen LogP contribution < -0.4 is 11.4 Å². The van der Waals surface area contributed by atoms with E-state index in [4.69, 9.17) is 34.6 Å². The van der Waals surface area contributed by atoms with Crippen LogP contribution in [0.1, 0.15) is 14.7 Å². The third kappa shape index (κ3) is 6.91. The number of anilines is 1. The highest BCUT2D eigenvalue weighted by atomic mass is 35.5. The molecule has 0 amide bonds. The number of aryl methyl sites for hydroxylation is 1. The second-order valence-electron chi connectivity index (χ2n) is 6.12. The van der Waals surface area contributed by atoms with Gasteiger partial charge in [0, 0.05) is 11.1 Å². The van der Waals surface area contributed by atoms with Crippen molar-refractivity contribution >= 4 is 40.9 Å². The quantitative estimate of drug-likeness (QED) is 0.176. The van der Waals surface area contributed by atoms with Crippen LogP contribution in [0.3, 0.4) is 0 Å². The minimum absolute atomic E-state index is 0.104. The highest BCUT2D eigenvalue weighted by Crippen LogP contribution is 2.66. The number of phosphoric acid groups is 3. The summed E-state index contributed by atoms with van der Waals surface area (Å²) < 4.78 is 82.1. The Morgan fingerprint density at radius 1 is 1.36 bits per heavy atom. The van der Waals surface area contributed by atoms with Crippen LogP contribution in [0.2, 0.25) is 0 Å². The van der Waals surface area contributed by atoms with Crippen LogP contribution in [0.5, 0.6) is 0 Å². The normalized spacial score (nSPS) is 30.4. The lowest BCUT2D eigenvalue weighted by Gasteiger charge is -2.25.